The van der Waals surface area contributed by atoms with E-state index in [0.29, 0.717) is 10.8 Å². The van der Waals surface area contributed by atoms with E-state index in [1.54, 1.807) is 48.5 Å². The van der Waals surface area contributed by atoms with Crippen LogP contribution in [-0.4, -0.2) is 24.9 Å². The summed E-state index contributed by atoms with van der Waals surface area (Å²) in [7, 11) is -2.80. The second-order valence-electron chi connectivity index (χ2n) is 6.90. The van der Waals surface area contributed by atoms with Gasteiger partial charge in [0.05, 0.1) is 12.0 Å². The summed E-state index contributed by atoms with van der Waals surface area (Å²) in [5.41, 5.74) is -0.563. The minimum atomic E-state index is -4.25. The van der Waals surface area contributed by atoms with Crippen LogP contribution in [0.25, 0.3) is 11.7 Å². The Balaban J connectivity index is 1.94. The summed E-state index contributed by atoms with van der Waals surface area (Å²) in [5, 5.41) is 10.0. The molecule has 0 radical (unpaired) electrons. The van der Waals surface area contributed by atoms with Gasteiger partial charge in [0, 0.05) is 11.2 Å². The first-order chi connectivity index (χ1) is 16.3. The first kappa shape index (κ1) is 23.0. The number of methoxy groups -OCH3 is 1. The van der Waals surface area contributed by atoms with Crippen LogP contribution in [0.1, 0.15) is 5.56 Å². The van der Waals surface area contributed by atoms with Crippen molar-refractivity contribution < 1.29 is 17.9 Å². The van der Waals surface area contributed by atoms with Gasteiger partial charge in [0.1, 0.15) is 22.2 Å². The van der Waals surface area contributed by atoms with Gasteiger partial charge in [-0.2, -0.15) is 10.2 Å². The predicted octanol–water partition coefficient (Wildman–Crippen LogP) is 4.49. The number of ether oxygens (including phenoxy) is 2. The lowest BCUT2D eigenvalue weighted by molar-refractivity contribution is 0.374. The highest BCUT2D eigenvalue weighted by Crippen LogP contribution is 2.32. The quantitative estimate of drug-likeness (QED) is 0.364. The van der Waals surface area contributed by atoms with Crippen LogP contribution < -0.4 is 15.0 Å². The number of rotatable bonds is 6. The lowest BCUT2D eigenvalue weighted by Crippen LogP contribution is -2.19. The summed E-state index contributed by atoms with van der Waals surface area (Å²) in [6.45, 7) is 0. The van der Waals surface area contributed by atoms with Gasteiger partial charge in [0.2, 0.25) is 15.7 Å². The Bertz CT molecular complexity index is 1620. The number of hydrogen-bond donors (Lipinski definition) is 0. The van der Waals surface area contributed by atoms with Crippen LogP contribution in [0.2, 0.25) is 5.02 Å². The fourth-order valence-corrected chi connectivity index (χ4v) is 4.40. The number of para-hydroxylation sites is 2. The number of fused-ring (bicyclic) bond motifs is 1. The first-order valence-electron chi connectivity index (χ1n) is 9.80. The van der Waals surface area contributed by atoms with Crippen molar-refractivity contribution in [3.8, 4) is 23.4 Å². The molecule has 2 heterocycles. The molecule has 2 aromatic heterocycles. The Morgan fingerprint density at radius 2 is 1.74 bits per heavy atom. The number of aromatic nitrogens is 2. The molecule has 0 aliphatic heterocycles. The third kappa shape index (κ3) is 4.37. The third-order valence-corrected chi connectivity index (χ3v) is 6.74. The van der Waals surface area contributed by atoms with Crippen LogP contribution in [0.3, 0.4) is 0 Å². The molecule has 4 aromatic rings. The molecule has 0 spiro atoms. The highest BCUT2D eigenvalue weighted by atomic mass is 35.5. The summed E-state index contributed by atoms with van der Waals surface area (Å²) >= 11 is 5.85. The zero-order valence-corrected chi connectivity index (χ0v) is 19.2. The Hall–Kier alpha value is -4.13. The van der Waals surface area contributed by atoms with E-state index in [9.17, 15) is 18.5 Å². The lowest BCUT2D eigenvalue weighted by atomic mass is 10.2. The van der Waals surface area contributed by atoms with Crippen molar-refractivity contribution in [3.63, 3.8) is 0 Å². The van der Waals surface area contributed by atoms with Gasteiger partial charge in [-0.3, -0.25) is 9.20 Å². The van der Waals surface area contributed by atoms with E-state index in [0.717, 1.165) is 6.08 Å². The molecule has 4 rings (SSSR count). The average Bonchev–Trinajstić information content (AvgIpc) is 2.84. The minimum Gasteiger partial charge on any atom is -0.493 e. The SMILES string of the molecule is COc1ccccc1Oc1nc2ccccn2c(=O)c1/C=C(\C#N)S(=O)(=O)c1ccc(Cl)cc1. The van der Waals surface area contributed by atoms with Gasteiger partial charge >= 0.3 is 0 Å². The lowest BCUT2D eigenvalue weighted by Gasteiger charge is -2.12. The Morgan fingerprint density at radius 3 is 2.41 bits per heavy atom. The maximum absolute atomic E-state index is 13.3. The molecule has 0 aliphatic carbocycles. The molecular formula is C24H16ClN3O5S. The average molecular weight is 494 g/mol. The zero-order chi connectivity index (χ0) is 24.3. The normalized spacial score (nSPS) is 11.7. The number of halogens is 1. The number of nitriles is 1. The summed E-state index contributed by atoms with van der Waals surface area (Å²) in [6.07, 6.45) is 2.44. The summed E-state index contributed by atoms with van der Waals surface area (Å²) in [6, 6.07) is 18.6. The van der Waals surface area contributed by atoms with Gasteiger partial charge in [0.15, 0.2) is 11.5 Å². The Labute approximate surface area is 199 Å². The molecule has 10 heteroatoms. The molecule has 0 fully saturated rings. The van der Waals surface area contributed by atoms with Crippen LogP contribution in [-0.2, 0) is 9.84 Å². The molecule has 0 saturated carbocycles. The molecular weight excluding hydrogens is 478 g/mol. The van der Waals surface area contributed by atoms with Gasteiger partial charge in [-0.15, -0.1) is 0 Å². The topological polar surface area (TPSA) is 111 Å². The molecule has 0 bridgehead atoms. The van der Waals surface area contributed by atoms with Crippen LogP contribution in [0.5, 0.6) is 17.4 Å². The molecule has 0 unspecified atom stereocenters. The van der Waals surface area contributed by atoms with Crippen LogP contribution >= 0.6 is 11.6 Å². The molecule has 0 amide bonds. The smallest absolute Gasteiger partial charge is 0.269 e. The van der Waals surface area contributed by atoms with Gasteiger partial charge < -0.3 is 9.47 Å². The van der Waals surface area contributed by atoms with Crippen molar-refractivity contribution in [2.45, 2.75) is 4.90 Å². The maximum atomic E-state index is 13.3. The van der Waals surface area contributed by atoms with E-state index >= 15 is 0 Å². The van der Waals surface area contributed by atoms with E-state index in [4.69, 9.17) is 21.1 Å². The standard InChI is InChI=1S/C24H16ClN3O5S/c1-32-20-6-2-3-7-21(20)33-23-19(24(29)28-13-5-4-8-22(28)27-23)14-18(15-26)34(30,31)17-11-9-16(25)10-12-17/h2-14H,1H3/b18-14+. The summed E-state index contributed by atoms with van der Waals surface area (Å²) in [5.74, 6) is 0.451. The number of pyridine rings is 1. The Kier molecular flexibility index (Phi) is 6.36. The van der Waals surface area contributed by atoms with E-state index in [1.807, 2.05) is 0 Å². The number of sulfone groups is 1. The zero-order valence-electron chi connectivity index (χ0n) is 17.7. The molecule has 0 aliphatic rings. The minimum absolute atomic E-state index is 0.147. The number of hydrogen-bond acceptors (Lipinski definition) is 7. The molecule has 0 saturated heterocycles. The predicted molar refractivity (Wildman–Crippen MR) is 127 cm³/mol. The highest BCUT2D eigenvalue weighted by Gasteiger charge is 2.24. The van der Waals surface area contributed by atoms with Crippen LogP contribution in [0.15, 0.2) is 87.5 Å². The van der Waals surface area contributed by atoms with Crippen molar-refractivity contribution >= 4 is 33.2 Å². The number of nitrogens with zero attached hydrogens (tertiary/aromatic N) is 3. The van der Waals surface area contributed by atoms with E-state index in [1.165, 1.54) is 42.0 Å². The number of allylic oxidation sites excluding steroid dienone is 1. The van der Waals surface area contributed by atoms with Crippen molar-refractivity contribution in [2.75, 3.05) is 7.11 Å². The van der Waals surface area contributed by atoms with Gasteiger partial charge in [-0.25, -0.2) is 8.42 Å². The molecule has 0 atom stereocenters. The first-order valence-corrected chi connectivity index (χ1v) is 11.7. The molecule has 170 valence electrons. The second kappa shape index (κ2) is 9.39. The van der Waals surface area contributed by atoms with Crippen molar-refractivity contribution in [1.29, 1.82) is 5.26 Å². The van der Waals surface area contributed by atoms with Crippen LogP contribution in [0, 0.1) is 11.3 Å². The van der Waals surface area contributed by atoms with Crippen molar-refractivity contribution in [1.82, 2.24) is 9.38 Å². The summed E-state index contributed by atoms with van der Waals surface area (Å²) in [4.78, 5) is 16.9. The second-order valence-corrected chi connectivity index (χ2v) is 9.25. The number of benzene rings is 2. The molecule has 0 N–H and O–H groups in total. The van der Waals surface area contributed by atoms with Crippen LogP contribution in [0.4, 0.5) is 0 Å². The van der Waals surface area contributed by atoms with E-state index < -0.39 is 20.3 Å². The van der Waals surface area contributed by atoms with Gasteiger partial charge in [-0.1, -0.05) is 29.8 Å². The largest absolute Gasteiger partial charge is 0.493 e. The van der Waals surface area contributed by atoms with E-state index in [2.05, 4.69) is 4.98 Å². The van der Waals surface area contributed by atoms with Gasteiger partial charge in [0.25, 0.3) is 5.56 Å². The highest BCUT2D eigenvalue weighted by molar-refractivity contribution is 7.95. The monoisotopic (exact) mass is 493 g/mol. The fourth-order valence-electron chi connectivity index (χ4n) is 3.13. The van der Waals surface area contributed by atoms with Crippen molar-refractivity contribution in [3.05, 3.63) is 98.8 Å². The molecule has 2 aromatic carbocycles. The van der Waals surface area contributed by atoms with Crippen molar-refractivity contribution in [2.24, 2.45) is 0 Å². The fraction of sp³-hybridized carbons (Fsp3) is 0.0417. The third-order valence-electron chi connectivity index (χ3n) is 4.81. The summed E-state index contributed by atoms with van der Waals surface area (Å²) < 4.78 is 38.6. The maximum Gasteiger partial charge on any atom is 0.269 e. The molecule has 8 nitrogen and oxygen atoms in total. The molecule has 34 heavy (non-hydrogen) atoms. The van der Waals surface area contributed by atoms with Gasteiger partial charge in [-0.05, 0) is 54.6 Å². The Morgan fingerprint density at radius 1 is 1.06 bits per heavy atom. The van der Waals surface area contributed by atoms with E-state index in [-0.39, 0.29) is 27.7 Å².